The first-order valence-electron chi connectivity index (χ1n) is 8.37. The topological polar surface area (TPSA) is 27.7 Å². The SMILES string of the molecule is CC(C)NCC(C(C)C)N1CCC(N2CCOCC2)C1. The molecule has 4 heteroatoms. The average molecular weight is 283 g/mol. The van der Waals surface area contributed by atoms with Crippen LogP contribution in [0.1, 0.15) is 34.1 Å². The number of rotatable bonds is 6. The monoisotopic (exact) mass is 283 g/mol. The number of hydrogen-bond acceptors (Lipinski definition) is 4. The second kappa shape index (κ2) is 7.74. The summed E-state index contributed by atoms with van der Waals surface area (Å²) >= 11 is 0. The van der Waals surface area contributed by atoms with Crippen LogP contribution in [0.15, 0.2) is 0 Å². The van der Waals surface area contributed by atoms with Crippen LogP contribution in [0.5, 0.6) is 0 Å². The minimum Gasteiger partial charge on any atom is -0.379 e. The Morgan fingerprint density at radius 3 is 2.40 bits per heavy atom. The zero-order valence-electron chi connectivity index (χ0n) is 13.8. The zero-order valence-corrected chi connectivity index (χ0v) is 13.8. The van der Waals surface area contributed by atoms with Crippen molar-refractivity contribution in [1.29, 1.82) is 0 Å². The van der Waals surface area contributed by atoms with Crippen LogP contribution in [-0.2, 0) is 4.74 Å². The second-order valence-corrected chi connectivity index (χ2v) is 6.96. The normalized spacial score (nSPS) is 27.6. The number of morpholine rings is 1. The Balaban J connectivity index is 1.84. The highest BCUT2D eigenvalue weighted by molar-refractivity contribution is 4.89. The molecule has 2 aliphatic rings. The standard InChI is InChI=1S/C16H33N3O/c1-13(2)16(11-17-14(3)4)19-6-5-15(12-19)18-7-9-20-10-8-18/h13-17H,5-12H2,1-4H3. The van der Waals surface area contributed by atoms with Crippen molar-refractivity contribution in [3.8, 4) is 0 Å². The van der Waals surface area contributed by atoms with Gasteiger partial charge >= 0.3 is 0 Å². The van der Waals surface area contributed by atoms with Crippen molar-refractivity contribution in [1.82, 2.24) is 15.1 Å². The minimum atomic E-state index is 0.578. The molecule has 1 N–H and O–H groups in total. The van der Waals surface area contributed by atoms with Crippen LogP contribution in [0.4, 0.5) is 0 Å². The average Bonchev–Trinajstić information content (AvgIpc) is 2.89. The highest BCUT2D eigenvalue weighted by Crippen LogP contribution is 2.22. The Kier molecular flexibility index (Phi) is 6.27. The van der Waals surface area contributed by atoms with Crippen molar-refractivity contribution in [3.05, 3.63) is 0 Å². The fourth-order valence-electron chi connectivity index (χ4n) is 3.45. The van der Waals surface area contributed by atoms with E-state index in [1.165, 1.54) is 19.5 Å². The van der Waals surface area contributed by atoms with Gasteiger partial charge in [0.1, 0.15) is 0 Å². The smallest absolute Gasteiger partial charge is 0.0594 e. The summed E-state index contributed by atoms with van der Waals surface area (Å²) in [4.78, 5) is 5.34. The molecular weight excluding hydrogens is 250 g/mol. The lowest BCUT2D eigenvalue weighted by molar-refractivity contribution is 0.0170. The Morgan fingerprint density at radius 1 is 1.10 bits per heavy atom. The van der Waals surface area contributed by atoms with Gasteiger partial charge in [-0.25, -0.2) is 0 Å². The van der Waals surface area contributed by atoms with Gasteiger partial charge in [-0.05, 0) is 12.3 Å². The van der Waals surface area contributed by atoms with Crippen LogP contribution in [-0.4, -0.2) is 73.9 Å². The molecule has 0 aromatic rings. The van der Waals surface area contributed by atoms with E-state index >= 15 is 0 Å². The molecule has 0 aromatic heterocycles. The molecule has 0 amide bonds. The fourth-order valence-corrected chi connectivity index (χ4v) is 3.45. The molecule has 20 heavy (non-hydrogen) atoms. The molecule has 2 rings (SSSR count). The molecule has 0 spiro atoms. The molecule has 118 valence electrons. The molecule has 0 radical (unpaired) electrons. The zero-order chi connectivity index (χ0) is 14.5. The van der Waals surface area contributed by atoms with Crippen LogP contribution in [0.2, 0.25) is 0 Å². The van der Waals surface area contributed by atoms with E-state index in [0.29, 0.717) is 18.0 Å². The number of likely N-dealkylation sites (tertiary alicyclic amines) is 1. The van der Waals surface area contributed by atoms with Crippen LogP contribution in [0.3, 0.4) is 0 Å². The molecule has 2 heterocycles. The third-order valence-electron chi connectivity index (χ3n) is 4.73. The predicted molar refractivity (Wildman–Crippen MR) is 84.1 cm³/mol. The Hall–Kier alpha value is -0.160. The number of ether oxygens (including phenoxy) is 1. The second-order valence-electron chi connectivity index (χ2n) is 6.96. The maximum absolute atomic E-state index is 5.47. The molecule has 0 bridgehead atoms. The molecule has 2 unspecified atom stereocenters. The summed E-state index contributed by atoms with van der Waals surface area (Å²) < 4.78 is 5.47. The van der Waals surface area contributed by atoms with Gasteiger partial charge in [-0.3, -0.25) is 9.80 Å². The summed E-state index contributed by atoms with van der Waals surface area (Å²) in [5.74, 6) is 0.713. The van der Waals surface area contributed by atoms with E-state index in [-0.39, 0.29) is 0 Å². The van der Waals surface area contributed by atoms with E-state index < -0.39 is 0 Å². The number of hydrogen-bond donors (Lipinski definition) is 1. The molecule has 0 aliphatic carbocycles. The first-order chi connectivity index (χ1) is 9.58. The van der Waals surface area contributed by atoms with Gasteiger partial charge in [0.2, 0.25) is 0 Å². The van der Waals surface area contributed by atoms with Crippen molar-refractivity contribution in [3.63, 3.8) is 0 Å². The molecule has 0 saturated carbocycles. The van der Waals surface area contributed by atoms with Crippen molar-refractivity contribution in [2.75, 3.05) is 45.9 Å². The lowest BCUT2D eigenvalue weighted by atomic mass is 10.0. The number of nitrogens with zero attached hydrogens (tertiary/aromatic N) is 2. The van der Waals surface area contributed by atoms with Crippen molar-refractivity contribution >= 4 is 0 Å². The third kappa shape index (κ3) is 4.42. The molecule has 2 aliphatic heterocycles. The maximum Gasteiger partial charge on any atom is 0.0594 e. The van der Waals surface area contributed by atoms with Gasteiger partial charge in [0.15, 0.2) is 0 Å². The van der Waals surface area contributed by atoms with Crippen LogP contribution in [0, 0.1) is 5.92 Å². The van der Waals surface area contributed by atoms with Crippen molar-refractivity contribution in [2.45, 2.75) is 52.2 Å². The summed E-state index contributed by atoms with van der Waals surface area (Å²) in [5, 5.41) is 3.62. The van der Waals surface area contributed by atoms with E-state index in [4.69, 9.17) is 4.74 Å². The number of nitrogens with one attached hydrogen (secondary N) is 1. The van der Waals surface area contributed by atoms with Gasteiger partial charge in [0.25, 0.3) is 0 Å². The largest absolute Gasteiger partial charge is 0.379 e. The lowest BCUT2D eigenvalue weighted by Crippen LogP contribution is -2.49. The minimum absolute atomic E-state index is 0.578. The maximum atomic E-state index is 5.47. The highest BCUT2D eigenvalue weighted by atomic mass is 16.5. The summed E-state index contributed by atoms with van der Waals surface area (Å²) in [7, 11) is 0. The van der Waals surface area contributed by atoms with E-state index in [0.717, 1.165) is 38.9 Å². The van der Waals surface area contributed by atoms with Crippen LogP contribution < -0.4 is 5.32 Å². The first-order valence-corrected chi connectivity index (χ1v) is 8.37. The summed E-state index contributed by atoms with van der Waals surface area (Å²) in [6.45, 7) is 16.9. The van der Waals surface area contributed by atoms with Gasteiger partial charge in [0, 0.05) is 50.8 Å². The Labute approximate surface area is 124 Å². The quantitative estimate of drug-likeness (QED) is 0.798. The van der Waals surface area contributed by atoms with Crippen LogP contribution >= 0.6 is 0 Å². The Morgan fingerprint density at radius 2 is 1.80 bits per heavy atom. The first kappa shape index (κ1) is 16.2. The predicted octanol–water partition coefficient (Wildman–Crippen LogP) is 1.42. The van der Waals surface area contributed by atoms with Gasteiger partial charge in [-0.1, -0.05) is 27.7 Å². The van der Waals surface area contributed by atoms with E-state index in [2.05, 4.69) is 42.8 Å². The lowest BCUT2D eigenvalue weighted by Gasteiger charge is -2.35. The van der Waals surface area contributed by atoms with E-state index in [1.54, 1.807) is 0 Å². The summed E-state index contributed by atoms with van der Waals surface area (Å²) in [6, 6.07) is 2.00. The van der Waals surface area contributed by atoms with Crippen molar-refractivity contribution in [2.24, 2.45) is 5.92 Å². The summed E-state index contributed by atoms with van der Waals surface area (Å²) in [6.07, 6.45) is 1.32. The van der Waals surface area contributed by atoms with Crippen molar-refractivity contribution < 1.29 is 4.74 Å². The van der Waals surface area contributed by atoms with Gasteiger partial charge in [0.05, 0.1) is 13.2 Å². The van der Waals surface area contributed by atoms with E-state index in [1.807, 2.05) is 0 Å². The van der Waals surface area contributed by atoms with Gasteiger partial charge < -0.3 is 10.1 Å². The third-order valence-corrected chi connectivity index (χ3v) is 4.73. The molecule has 2 fully saturated rings. The van der Waals surface area contributed by atoms with E-state index in [9.17, 15) is 0 Å². The van der Waals surface area contributed by atoms with Crippen LogP contribution in [0.25, 0.3) is 0 Å². The fraction of sp³-hybridized carbons (Fsp3) is 1.00. The van der Waals surface area contributed by atoms with Gasteiger partial charge in [-0.15, -0.1) is 0 Å². The van der Waals surface area contributed by atoms with Gasteiger partial charge in [-0.2, -0.15) is 0 Å². The highest BCUT2D eigenvalue weighted by Gasteiger charge is 2.33. The molecule has 2 atom stereocenters. The molecular formula is C16H33N3O. The molecule has 2 saturated heterocycles. The molecule has 0 aromatic carbocycles. The molecule has 4 nitrogen and oxygen atoms in total. The Bertz CT molecular complexity index is 277. The summed E-state index contributed by atoms with van der Waals surface area (Å²) in [5.41, 5.74) is 0.